The number of hydrogen-bond acceptors (Lipinski definition) is 3. The Morgan fingerprint density at radius 2 is 1.41 bits per heavy atom. The van der Waals surface area contributed by atoms with Crippen molar-refractivity contribution in [2.75, 3.05) is 32.7 Å². The molecule has 1 fully saturated rings. The lowest BCUT2D eigenvalue weighted by Gasteiger charge is -2.35. The largest absolute Gasteiger partial charge is 0.310 e. The Bertz CT molecular complexity index is 417. The fourth-order valence-electron chi connectivity index (χ4n) is 2.99. The van der Waals surface area contributed by atoms with Crippen LogP contribution in [0, 0.1) is 5.92 Å². The average Bonchev–Trinajstić information content (AvgIpc) is 2.48. The highest BCUT2D eigenvalue weighted by Crippen LogP contribution is 2.11. The Labute approximate surface area is 136 Å². The maximum absolute atomic E-state index is 3.47. The zero-order chi connectivity index (χ0) is 15.9. The summed E-state index contributed by atoms with van der Waals surface area (Å²) < 4.78 is 0. The van der Waals surface area contributed by atoms with Crippen LogP contribution < -0.4 is 5.32 Å². The third kappa shape index (κ3) is 6.07. The Hall–Kier alpha value is -0.900. The fourth-order valence-corrected chi connectivity index (χ4v) is 2.99. The summed E-state index contributed by atoms with van der Waals surface area (Å²) in [6, 6.07) is 9.65. The van der Waals surface area contributed by atoms with Crippen LogP contribution in [-0.2, 0) is 13.1 Å². The van der Waals surface area contributed by atoms with E-state index in [2.05, 4.69) is 67.1 Å². The van der Waals surface area contributed by atoms with Gasteiger partial charge in [-0.2, -0.15) is 0 Å². The number of rotatable bonds is 7. The second-order valence-electron chi connectivity index (χ2n) is 7.32. The highest BCUT2D eigenvalue weighted by molar-refractivity contribution is 5.22. The Kier molecular flexibility index (Phi) is 6.87. The van der Waals surface area contributed by atoms with Gasteiger partial charge in [0.25, 0.3) is 0 Å². The third-order valence-electron chi connectivity index (χ3n) is 4.23. The molecule has 2 rings (SSSR count). The topological polar surface area (TPSA) is 18.5 Å². The van der Waals surface area contributed by atoms with Gasteiger partial charge < -0.3 is 10.2 Å². The van der Waals surface area contributed by atoms with Crippen molar-refractivity contribution < 1.29 is 0 Å². The van der Waals surface area contributed by atoms with Crippen molar-refractivity contribution in [3.63, 3.8) is 0 Å². The Morgan fingerprint density at radius 3 is 1.95 bits per heavy atom. The summed E-state index contributed by atoms with van der Waals surface area (Å²) in [6.07, 6.45) is 0. The first-order valence-corrected chi connectivity index (χ1v) is 8.79. The minimum Gasteiger partial charge on any atom is -0.310 e. The number of nitrogens with one attached hydrogen (secondary N) is 1. The first-order valence-electron chi connectivity index (χ1n) is 8.79. The van der Waals surface area contributed by atoms with Crippen LogP contribution in [-0.4, -0.2) is 48.6 Å². The molecule has 3 nitrogen and oxygen atoms in total. The van der Waals surface area contributed by atoms with Crippen LogP contribution in [0.3, 0.4) is 0 Å². The molecule has 1 N–H and O–H groups in total. The second-order valence-corrected chi connectivity index (χ2v) is 7.32. The molecule has 0 aliphatic carbocycles. The van der Waals surface area contributed by atoms with Crippen molar-refractivity contribution in [2.45, 2.75) is 46.8 Å². The van der Waals surface area contributed by atoms with Gasteiger partial charge in [0, 0.05) is 51.9 Å². The zero-order valence-corrected chi connectivity index (χ0v) is 14.8. The number of nitrogens with zero attached hydrogens (tertiary/aromatic N) is 2. The molecule has 1 heterocycles. The predicted octanol–water partition coefficient (Wildman–Crippen LogP) is 2.96. The maximum atomic E-state index is 3.47. The normalized spacial score (nSPS) is 17.5. The van der Waals surface area contributed by atoms with Gasteiger partial charge in [-0.25, -0.2) is 0 Å². The van der Waals surface area contributed by atoms with Crippen LogP contribution in [0.4, 0.5) is 0 Å². The molecule has 0 aromatic heterocycles. The smallest absolute Gasteiger partial charge is 0.0234 e. The van der Waals surface area contributed by atoms with E-state index in [1.807, 2.05) is 0 Å². The van der Waals surface area contributed by atoms with Crippen molar-refractivity contribution in [1.29, 1.82) is 0 Å². The number of hydrogen-bond donors (Lipinski definition) is 1. The zero-order valence-electron chi connectivity index (χ0n) is 14.8. The van der Waals surface area contributed by atoms with E-state index >= 15 is 0 Å². The summed E-state index contributed by atoms with van der Waals surface area (Å²) in [5.74, 6) is 0.776. The van der Waals surface area contributed by atoms with Gasteiger partial charge in [0.15, 0.2) is 0 Å². The maximum Gasteiger partial charge on any atom is 0.0234 e. The van der Waals surface area contributed by atoms with Crippen LogP contribution in [0.25, 0.3) is 0 Å². The number of piperazine rings is 1. The molecule has 1 aliphatic rings. The molecule has 1 aromatic carbocycles. The van der Waals surface area contributed by atoms with Crippen LogP contribution >= 0.6 is 0 Å². The molecule has 1 aromatic rings. The summed E-state index contributed by atoms with van der Waals surface area (Å²) in [6.45, 7) is 17.1. The van der Waals surface area contributed by atoms with Gasteiger partial charge in [-0.15, -0.1) is 0 Å². The predicted molar refractivity (Wildman–Crippen MR) is 95.0 cm³/mol. The summed E-state index contributed by atoms with van der Waals surface area (Å²) in [4.78, 5) is 5.18. The fraction of sp³-hybridized carbons (Fsp3) is 0.684. The molecule has 22 heavy (non-hydrogen) atoms. The molecule has 0 bridgehead atoms. The second kappa shape index (κ2) is 8.66. The molecular weight excluding hydrogens is 270 g/mol. The van der Waals surface area contributed by atoms with E-state index in [9.17, 15) is 0 Å². The van der Waals surface area contributed by atoms with Gasteiger partial charge in [0.1, 0.15) is 0 Å². The number of benzene rings is 1. The Morgan fingerprint density at radius 1 is 0.864 bits per heavy atom. The van der Waals surface area contributed by atoms with Crippen molar-refractivity contribution >= 4 is 0 Å². The lowest BCUT2D eigenvalue weighted by atomic mass is 10.1. The molecule has 0 spiro atoms. The lowest BCUT2D eigenvalue weighted by molar-refractivity contribution is 0.117. The molecule has 0 saturated carbocycles. The summed E-state index contributed by atoms with van der Waals surface area (Å²) in [5.41, 5.74) is 2.81. The first-order chi connectivity index (χ1) is 10.5. The first kappa shape index (κ1) is 17.5. The van der Waals surface area contributed by atoms with Crippen molar-refractivity contribution in [1.82, 2.24) is 15.1 Å². The molecular formula is C19H33N3. The highest BCUT2D eigenvalue weighted by atomic mass is 15.3. The van der Waals surface area contributed by atoms with E-state index in [0.29, 0.717) is 6.04 Å². The van der Waals surface area contributed by atoms with Gasteiger partial charge in [0.2, 0.25) is 0 Å². The van der Waals surface area contributed by atoms with Crippen molar-refractivity contribution in [3.8, 4) is 0 Å². The van der Waals surface area contributed by atoms with E-state index in [1.165, 1.54) is 43.9 Å². The standard InChI is InChI=1S/C19H33N3/c1-16(2)14-21-9-11-22(12-10-21)15-19-7-5-18(6-8-19)13-20-17(3)4/h5-8,16-17,20H,9-15H2,1-4H3. The van der Waals surface area contributed by atoms with Gasteiger partial charge in [-0.1, -0.05) is 52.0 Å². The minimum atomic E-state index is 0.543. The molecule has 3 heteroatoms. The van der Waals surface area contributed by atoms with Crippen molar-refractivity contribution in [2.24, 2.45) is 5.92 Å². The van der Waals surface area contributed by atoms with E-state index in [-0.39, 0.29) is 0 Å². The molecule has 0 atom stereocenters. The van der Waals surface area contributed by atoms with Gasteiger partial charge in [-0.3, -0.25) is 4.90 Å². The molecule has 1 aliphatic heterocycles. The molecule has 0 amide bonds. The highest BCUT2D eigenvalue weighted by Gasteiger charge is 2.17. The molecule has 0 radical (unpaired) electrons. The van der Waals surface area contributed by atoms with Crippen molar-refractivity contribution in [3.05, 3.63) is 35.4 Å². The van der Waals surface area contributed by atoms with E-state index < -0.39 is 0 Å². The SMILES string of the molecule is CC(C)CN1CCN(Cc2ccc(CNC(C)C)cc2)CC1. The quantitative estimate of drug-likeness (QED) is 0.835. The molecule has 1 saturated heterocycles. The molecule has 124 valence electrons. The molecule has 0 unspecified atom stereocenters. The van der Waals surface area contributed by atoms with Crippen LogP contribution in [0.15, 0.2) is 24.3 Å². The summed E-state index contributed by atoms with van der Waals surface area (Å²) >= 11 is 0. The third-order valence-corrected chi connectivity index (χ3v) is 4.23. The lowest BCUT2D eigenvalue weighted by Crippen LogP contribution is -2.46. The monoisotopic (exact) mass is 303 g/mol. The average molecular weight is 303 g/mol. The van der Waals surface area contributed by atoms with Crippen LogP contribution in [0.1, 0.15) is 38.8 Å². The van der Waals surface area contributed by atoms with Gasteiger partial charge >= 0.3 is 0 Å². The van der Waals surface area contributed by atoms with Crippen LogP contribution in [0.5, 0.6) is 0 Å². The van der Waals surface area contributed by atoms with E-state index in [4.69, 9.17) is 0 Å². The summed E-state index contributed by atoms with van der Waals surface area (Å²) in [7, 11) is 0. The minimum absolute atomic E-state index is 0.543. The van der Waals surface area contributed by atoms with Gasteiger partial charge in [0.05, 0.1) is 0 Å². The van der Waals surface area contributed by atoms with E-state index in [0.717, 1.165) is 19.0 Å². The van der Waals surface area contributed by atoms with Gasteiger partial charge in [-0.05, 0) is 17.0 Å². The van der Waals surface area contributed by atoms with E-state index in [1.54, 1.807) is 0 Å². The van der Waals surface area contributed by atoms with Crippen LogP contribution in [0.2, 0.25) is 0 Å². The summed E-state index contributed by atoms with van der Waals surface area (Å²) in [5, 5.41) is 3.47. The Balaban J connectivity index is 1.75.